The minimum atomic E-state index is -1.03. The second-order valence-electron chi connectivity index (χ2n) is 4.90. The maximum atomic E-state index is 12.2. The van der Waals surface area contributed by atoms with E-state index < -0.39 is 17.9 Å². The molecule has 0 aliphatic heterocycles. The molecule has 3 rings (SSSR count). The van der Waals surface area contributed by atoms with Crippen LogP contribution in [0.2, 0.25) is 0 Å². The fourth-order valence-corrected chi connectivity index (χ4v) is 2.33. The van der Waals surface area contributed by atoms with Gasteiger partial charge < -0.3 is 14.3 Å². The highest BCUT2D eigenvalue weighted by atomic mass is 16.5. The predicted molar refractivity (Wildman–Crippen MR) is 81.3 cm³/mol. The van der Waals surface area contributed by atoms with E-state index in [1.54, 1.807) is 24.3 Å². The van der Waals surface area contributed by atoms with Gasteiger partial charge in [0.1, 0.15) is 5.52 Å². The zero-order chi connectivity index (χ0) is 16.4. The number of carbonyl (C=O) groups excluding carboxylic acids is 1. The van der Waals surface area contributed by atoms with Crippen LogP contribution in [0.3, 0.4) is 0 Å². The molecular formula is C17H13NO5. The summed E-state index contributed by atoms with van der Waals surface area (Å²) in [5.41, 5.74) is 1.89. The molecule has 1 N–H and O–H groups in total. The Labute approximate surface area is 131 Å². The number of nitrogens with zero attached hydrogens (tertiary/aromatic N) is 1. The Morgan fingerprint density at radius 3 is 2.43 bits per heavy atom. The van der Waals surface area contributed by atoms with Crippen molar-refractivity contribution in [2.45, 2.75) is 5.92 Å². The molecule has 0 saturated heterocycles. The number of ether oxygens (including phenoxy) is 1. The molecule has 1 atom stereocenters. The van der Waals surface area contributed by atoms with Gasteiger partial charge in [-0.05, 0) is 29.8 Å². The van der Waals surface area contributed by atoms with E-state index in [1.807, 2.05) is 12.1 Å². The minimum Gasteiger partial charge on any atom is -0.478 e. The molecule has 1 aromatic heterocycles. The van der Waals surface area contributed by atoms with E-state index in [4.69, 9.17) is 14.3 Å². The van der Waals surface area contributed by atoms with Gasteiger partial charge in [0.05, 0.1) is 12.7 Å². The van der Waals surface area contributed by atoms with Crippen LogP contribution in [0.1, 0.15) is 27.7 Å². The summed E-state index contributed by atoms with van der Waals surface area (Å²) in [4.78, 5) is 27.4. The van der Waals surface area contributed by atoms with Crippen molar-refractivity contribution in [2.75, 3.05) is 7.11 Å². The third kappa shape index (κ3) is 2.78. The normalized spacial score (nSPS) is 12.0. The molecule has 0 saturated carbocycles. The Kier molecular flexibility index (Phi) is 3.80. The summed E-state index contributed by atoms with van der Waals surface area (Å²) in [5.74, 6) is -2.20. The van der Waals surface area contributed by atoms with Crippen LogP contribution in [0.15, 0.2) is 52.9 Å². The van der Waals surface area contributed by atoms with Crippen molar-refractivity contribution >= 4 is 23.0 Å². The van der Waals surface area contributed by atoms with Crippen LogP contribution in [0.4, 0.5) is 0 Å². The lowest BCUT2D eigenvalue weighted by atomic mass is 9.98. The second-order valence-corrected chi connectivity index (χ2v) is 4.90. The molecule has 0 aliphatic rings. The number of methoxy groups -OCH3 is 1. The van der Waals surface area contributed by atoms with E-state index >= 15 is 0 Å². The number of carbonyl (C=O) groups is 2. The quantitative estimate of drug-likeness (QED) is 0.745. The van der Waals surface area contributed by atoms with E-state index in [9.17, 15) is 9.59 Å². The van der Waals surface area contributed by atoms with Crippen molar-refractivity contribution < 1.29 is 23.8 Å². The average Bonchev–Trinajstić information content (AvgIpc) is 2.98. The van der Waals surface area contributed by atoms with E-state index in [1.165, 1.54) is 19.2 Å². The molecule has 0 spiro atoms. The highest BCUT2D eigenvalue weighted by molar-refractivity contribution is 5.88. The van der Waals surface area contributed by atoms with Crippen LogP contribution >= 0.6 is 0 Å². The molecule has 0 fully saturated rings. The van der Waals surface area contributed by atoms with Crippen LogP contribution in [-0.2, 0) is 9.53 Å². The molecule has 6 heteroatoms. The molecule has 0 bridgehead atoms. The maximum Gasteiger partial charge on any atom is 0.335 e. The van der Waals surface area contributed by atoms with E-state index in [0.29, 0.717) is 16.7 Å². The minimum absolute atomic E-state index is 0.134. The molecule has 0 amide bonds. The maximum absolute atomic E-state index is 12.2. The number of hydrogen-bond acceptors (Lipinski definition) is 5. The Hall–Kier alpha value is -3.15. The van der Waals surface area contributed by atoms with Gasteiger partial charge in [-0.15, -0.1) is 0 Å². The Morgan fingerprint density at radius 1 is 1.13 bits per heavy atom. The van der Waals surface area contributed by atoms with Crippen LogP contribution in [0, 0.1) is 0 Å². The Balaban J connectivity index is 2.07. The average molecular weight is 311 g/mol. The van der Waals surface area contributed by atoms with Gasteiger partial charge in [0.2, 0.25) is 5.89 Å². The Bertz CT molecular complexity index is 833. The number of rotatable bonds is 4. The number of aromatic nitrogens is 1. The number of hydrogen-bond donors (Lipinski definition) is 1. The number of fused-ring (bicyclic) bond motifs is 1. The molecule has 1 heterocycles. The van der Waals surface area contributed by atoms with Gasteiger partial charge in [-0.1, -0.05) is 24.3 Å². The van der Waals surface area contributed by atoms with E-state index in [-0.39, 0.29) is 11.5 Å². The van der Waals surface area contributed by atoms with Gasteiger partial charge in [-0.2, -0.15) is 0 Å². The van der Waals surface area contributed by atoms with Crippen molar-refractivity contribution in [3.8, 4) is 0 Å². The van der Waals surface area contributed by atoms with Gasteiger partial charge in [0, 0.05) is 0 Å². The van der Waals surface area contributed by atoms with Gasteiger partial charge >= 0.3 is 11.9 Å². The van der Waals surface area contributed by atoms with Crippen molar-refractivity contribution in [2.24, 2.45) is 0 Å². The number of carboxylic acids is 1. The molecule has 0 aliphatic carbocycles. The SMILES string of the molecule is COC(=O)C(c1ccc(C(=O)O)cc1)c1nc2ccccc2o1. The summed E-state index contributed by atoms with van der Waals surface area (Å²) >= 11 is 0. The molecule has 2 aromatic carbocycles. The summed E-state index contributed by atoms with van der Waals surface area (Å²) in [6.07, 6.45) is 0. The predicted octanol–water partition coefficient (Wildman–Crippen LogP) is 2.83. The van der Waals surface area contributed by atoms with E-state index in [0.717, 1.165) is 0 Å². The van der Waals surface area contributed by atoms with Crippen molar-refractivity contribution in [1.82, 2.24) is 4.98 Å². The zero-order valence-corrected chi connectivity index (χ0v) is 12.2. The molecular weight excluding hydrogens is 298 g/mol. The van der Waals surface area contributed by atoms with Crippen LogP contribution in [0.25, 0.3) is 11.1 Å². The summed E-state index contributed by atoms with van der Waals surface area (Å²) in [6.45, 7) is 0. The highest BCUT2D eigenvalue weighted by Gasteiger charge is 2.29. The first-order chi connectivity index (χ1) is 11.1. The first-order valence-electron chi connectivity index (χ1n) is 6.86. The van der Waals surface area contributed by atoms with E-state index in [2.05, 4.69) is 4.98 Å². The smallest absolute Gasteiger partial charge is 0.335 e. The highest BCUT2D eigenvalue weighted by Crippen LogP contribution is 2.28. The third-order valence-corrected chi connectivity index (χ3v) is 3.49. The Morgan fingerprint density at radius 2 is 1.83 bits per heavy atom. The monoisotopic (exact) mass is 311 g/mol. The van der Waals surface area contributed by atoms with Crippen LogP contribution in [-0.4, -0.2) is 29.1 Å². The molecule has 23 heavy (non-hydrogen) atoms. The van der Waals surface area contributed by atoms with Crippen LogP contribution < -0.4 is 0 Å². The molecule has 0 radical (unpaired) electrons. The van der Waals surface area contributed by atoms with Gasteiger partial charge in [-0.25, -0.2) is 9.78 Å². The summed E-state index contributed by atoms with van der Waals surface area (Å²) in [6, 6.07) is 13.1. The van der Waals surface area contributed by atoms with Gasteiger partial charge in [-0.3, -0.25) is 4.79 Å². The first kappa shape index (κ1) is 14.8. The number of carboxylic acid groups (broad SMARTS) is 1. The lowest BCUT2D eigenvalue weighted by molar-refractivity contribution is -0.141. The summed E-state index contributed by atoms with van der Waals surface area (Å²) < 4.78 is 10.5. The standard InChI is InChI=1S/C17H13NO5/c1-22-17(21)14(10-6-8-11(9-7-10)16(19)20)15-18-12-4-2-3-5-13(12)23-15/h2-9,14H,1H3,(H,19,20). The van der Waals surface area contributed by atoms with Crippen molar-refractivity contribution in [1.29, 1.82) is 0 Å². The van der Waals surface area contributed by atoms with Crippen molar-refractivity contribution in [3.05, 3.63) is 65.5 Å². The first-order valence-corrected chi connectivity index (χ1v) is 6.86. The lowest BCUT2D eigenvalue weighted by Crippen LogP contribution is -2.16. The number of para-hydroxylation sites is 2. The topological polar surface area (TPSA) is 89.6 Å². The van der Waals surface area contributed by atoms with Gasteiger partial charge in [0.15, 0.2) is 11.5 Å². The number of esters is 1. The number of benzene rings is 2. The van der Waals surface area contributed by atoms with Gasteiger partial charge in [0.25, 0.3) is 0 Å². The molecule has 1 unspecified atom stereocenters. The number of oxazole rings is 1. The molecule has 6 nitrogen and oxygen atoms in total. The number of aromatic carboxylic acids is 1. The second kappa shape index (κ2) is 5.92. The summed E-state index contributed by atoms with van der Waals surface area (Å²) in [7, 11) is 1.28. The largest absolute Gasteiger partial charge is 0.478 e. The molecule has 116 valence electrons. The summed E-state index contributed by atoms with van der Waals surface area (Å²) in [5, 5.41) is 8.96. The fourth-order valence-electron chi connectivity index (χ4n) is 2.33. The van der Waals surface area contributed by atoms with Crippen LogP contribution in [0.5, 0.6) is 0 Å². The van der Waals surface area contributed by atoms with Crippen molar-refractivity contribution in [3.63, 3.8) is 0 Å². The zero-order valence-electron chi connectivity index (χ0n) is 12.2. The lowest BCUT2D eigenvalue weighted by Gasteiger charge is -2.11. The third-order valence-electron chi connectivity index (χ3n) is 3.49. The molecule has 3 aromatic rings. The fraction of sp³-hybridized carbons (Fsp3) is 0.118.